The minimum Gasteiger partial charge on any atom is -0.370 e. The van der Waals surface area contributed by atoms with Crippen LogP contribution >= 0.6 is 7.14 Å². The van der Waals surface area contributed by atoms with Gasteiger partial charge in [0.25, 0.3) is 0 Å². The standard InChI is InChI=1S/C11H24NO2P/c1-10(2)12-7-5-11(6-8-12)14-9-15(3,4)13/h10-11H,5-9H2,1-4H3. The average Bonchev–Trinajstić information content (AvgIpc) is 2.14. The van der Waals surface area contributed by atoms with Crippen LogP contribution in [0.15, 0.2) is 0 Å². The Morgan fingerprint density at radius 1 is 1.33 bits per heavy atom. The molecule has 15 heavy (non-hydrogen) atoms. The Bertz CT molecular complexity index is 229. The summed E-state index contributed by atoms with van der Waals surface area (Å²) in [5.41, 5.74) is 0. The second-order valence-electron chi connectivity index (χ2n) is 5.20. The summed E-state index contributed by atoms with van der Waals surface area (Å²) in [4.78, 5) is 2.47. The Labute approximate surface area is 93.5 Å². The van der Waals surface area contributed by atoms with Crippen molar-refractivity contribution in [2.45, 2.75) is 38.8 Å². The molecule has 90 valence electrons. The summed E-state index contributed by atoms with van der Waals surface area (Å²) < 4.78 is 17.2. The van der Waals surface area contributed by atoms with Crippen molar-refractivity contribution in [3.8, 4) is 0 Å². The molecule has 1 aliphatic heterocycles. The average molecular weight is 233 g/mol. The van der Waals surface area contributed by atoms with Crippen LogP contribution in [0.2, 0.25) is 0 Å². The van der Waals surface area contributed by atoms with Crippen LogP contribution in [0.1, 0.15) is 26.7 Å². The lowest BCUT2D eigenvalue weighted by atomic mass is 10.1. The van der Waals surface area contributed by atoms with E-state index in [1.54, 1.807) is 13.3 Å². The van der Waals surface area contributed by atoms with Gasteiger partial charge in [0.05, 0.1) is 12.5 Å². The molecular formula is C11H24NO2P. The first kappa shape index (κ1) is 13.2. The number of hydrogen-bond acceptors (Lipinski definition) is 3. The third-order valence-electron chi connectivity index (χ3n) is 2.83. The molecule has 4 heteroatoms. The third-order valence-corrected chi connectivity index (χ3v) is 3.60. The maximum atomic E-state index is 11.5. The van der Waals surface area contributed by atoms with Gasteiger partial charge in [-0.25, -0.2) is 0 Å². The quantitative estimate of drug-likeness (QED) is 0.698. The number of nitrogens with zero attached hydrogens (tertiary/aromatic N) is 1. The lowest BCUT2D eigenvalue weighted by molar-refractivity contribution is 0.0220. The molecule has 0 atom stereocenters. The van der Waals surface area contributed by atoms with Gasteiger partial charge in [-0.2, -0.15) is 0 Å². The summed E-state index contributed by atoms with van der Waals surface area (Å²) in [6.07, 6.45) is 2.93. The maximum absolute atomic E-state index is 11.5. The first-order chi connectivity index (χ1) is 6.88. The summed E-state index contributed by atoms with van der Waals surface area (Å²) >= 11 is 0. The fourth-order valence-electron chi connectivity index (χ4n) is 1.84. The van der Waals surface area contributed by atoms with Crippen molar-refractivity contribution in [3.05, 3.63) is 0 Å². The molecule has 1 fully saturated rings. The van der Waals surface area contributed by atoms with E-state index in [1.807, 2.05) is 0 Å². The first-order valence-corrected chi connectivity index (χ1v) is 8.57. The first-order valence-electron chi connectivity index (χ1n) is 5.78. The molecule has 0 spiro atoms. The van der Waals surface area contributed by atoms with E-state index in [4.69, 9.17) is 4.74 Å². The molecule has 0 saturated carbocycles. The molecule has 1 aliphatic rings. The molecule has 0 aliphatic carbocycles. The zero-order valence-corrected chi connectivity index (χ0v) is 11.3. The van der Waals surface area contributed by atoms with Crippen LogP contribution in [0.3, 0.4) is 0 Å². The van der Waals surface area contributed by atoms with E-state index in [2.05, 4.69) is 18.7 Å². The summed E-state index contributed by atoms with van der Waals surface area (Å²) in [6, 6.07) is 0.634. The van der Waals surface area contributed by atoms with Gasteiger partial charge >= 0.3 is 0 Å². The molecule has 0 bridgehead atoms. The molecule has 0 amide bonds. The van der Waals surface area contributed by atoms with Gasteiger partial charge in [-0.1, -0.05) is 0 Å². The van der Waals surface area contributed by atoms with Gasteiger partial charge in [0.2, 0.25) is 0 Å². The molecule has 3 nitrogen and oxygen atoms in total. The number of piperidine rings is 1. The summed E-state index contributed by atoms with van der Waals surface area (Å²) in [7, 11) is -2.00. The van der Waals surface area contributed by atoms with Gasteiger partial charge in [-0.15, -0.1) is 0 Å². The lowest BCUT2D eigenvalue weighted by Crippen LogP contribution is -2.40. The largest absolute Gasteiger partial charge is 0.370 e. The number of ether oxygens (including phenoxy) is 1. The van der Waals surface area contributed by atoms with E-state index in [0.29, 0.717) is 18.5 Å². The predicted octanol–water partition coefficient (Wildman–Crippen LogP) is 2.46. The maximum Gasteiger partial charge on any atom is 0.106 e. The van der Waals surface area contributed by atoms with Crippen LogP contribution < -0.4 is 0 Å². The van der Waals surface area contributed by atoms with Crippen molar-refractivity contribution in [3.63, 3.8) is 0 Å². The van der Waals surface area contributed by atoms with Gasteiger partial charge in [-0.3, -0.25) is 0 Å². The van der Waals surface area contributed by atoms with Crippen molar-refractivity contribution in [1.29, 1.82) is 0 Å². The van der Waals surface area contributed by atoms with Crippen molar-refractivity contribution >= 4 is 7.14 Å². The van der Waals surface area contributed by atoms with E-state index < -0.39 is 7.14 Å². The number of rotatable bonds is 4. The van der Waals surface area contributed by atoms with E-state index in [1.165, 1.54) is 0 Å². The van der Waals surface area contributed by atoms with Gasteiger partial charge in [0.15, 0.2) is 0 Å². The van der Waals surface area contributed by atoms with E-state index in [9.17, 15) is 4.57 Å². The molecule has 1 heterocycles. The minimum atomic E-state index is -2.00. The second kappa shape index (κ2) is 5.47. The van der Waals surface area contributed by atoms with Crippen LogP contribution in [-0.4, -0.2) is 49.8 Å². The smallest absolute Gasteiger partial charge is 0.106 e. The highest BCUT2D eigenvalue weighted by Crippen LogP contribution is 2.36. The fourth-order valence-corrected chi connectivity index (χ4v) is 2.41. The Kier molecular flexibility index (Phi) is 4.82. The normalized spacial score (nSPS) is 21.1. The van der Waals surface area contributed by atoms with E-state index >= 15 is 0 Å². The molecule has 0 aromatic rings. The summed E-state index contributed by atoms with van der Waals surface area (Å²) in [6.45, 7) is 10.3. The summed E-state index contributed by atoms with van der Waals surface area (Å²) in [5.74, 6) is 0. The Balaban J connectivity index is 2.23. The Morgan fingerprint density at radius 2 is 1.87 bits per heavy atom. The number of hydrogen-bond donors (Lipinski definition) is 0. The molecule has 0 aromatic carbocycles. The fraction of sp³-hybridized carbons (Fsp3) is 1.00. The summed E-state index contributed by atoms with van der Waals surface area (Å²) in [5, 5.41) is 0. The molecule has 1 saturated heterocycles. The molecule has 0 N–H and O–H groups in total. The molecule has 0 aromatic heterocycles. The van der Waals surface area contributed by atoms with Gasteiger partial charge in [-0.05, 0) is 40.0 Å². The topological polar surface area (TPSA) is 29.5 Å². The third kappa shape index (κ3) is 5.14. The highest BCUT2D eigenvalue weighted by Gasteiger charge is 2.22. The van der Waals surface area contributed by atoms with Crippen molar-refractivity contribution < 1.29 is 9.30 Å². The SMILES string of the molecule is CC(C)N1CCC(OCP(C)(C)=O)CC1. The van der Waals surface area contributed by atoms with Crippen LogP contribution in [-0.2, 0) is 9.30 Å². The van der Waals surface area contributed by atoms with Crippen LogP contribution in [0, 0.1) is 0 Å². The minimum absolute atomic E-state index is 0.327. The zero-order valence-electron chi connectivity index (χ0n) is 10.4. The molecule has 0 radical (unpaired) electrons. The van der Waals surface area contributed by atoms with Crippen molar-refractivity contribution in [2.24, 2.45) is 0 Å². The molecule has 1 rings (SSSR count). The van der Waals surface area contributed by atoms with Crippen molar-refractivity contribution in [2.75, 3.05) is 32.8 Å². The predicted molar refractivity (Wildman–Crippen MR) is 65.1 cm³/mol. The highest BCUT2D eigenvalue weighted by molar-refractivity contribution is 7.62. The Hall–Kier alpha value is 0.150. The van der Waals surface area contributed by atoms with Crippen LogP contribution in [0.5, 0.6) is 0 Å². The van der Waals surface area contributed by atoms with E-state index in [-0.39, 0.29) is 0 Å². The lowest BCUT2D eigenvalue weighted by Gasteiger charge is -2.34. The second-order valence-corrected chi connectivity index (χ2v) is 8.60. The Morgan fingerprint density at radius 3 is 2.27 bits per heavy atom. The molecule has 0 unspecified atom stereocenters. The van der Waals surface area contributed by atoms with Gasteiger partial charge in [0.1, 0.15) is 7.14 Å². The van der Waals surface area contributed by atoms with Crippen molar-refractivity contribution in [1.82, 2.24) is 4.90 Å². The zero-order chi connectivity index (χ0) is 11.5. The highest BCUT2D eigenvalue weighted by atomic mass is 31.2. The van der Waals surface area contributed by atoms with Gasteiger partial charge < -0.3 is 14.2 Å². The van der Waals surface area contributed by atoms with Gasteiger partial charge in [0, 0.05) is 19.1 Å². The van der Waals surface area contributed by atoms with Crippen LogP contribution in [0.25, 0.3) is 0 Å². The van der Waals surface area contributed by atoms with E-state index in [0.717, 1.165) is 25.9 Å². The van der Waals surface area contributed by atoms with Crippen LogP contribution in [0.4, 0.5) is 0 Å². The monoisotopic (exact) mass is 233 g/mol. The molecular weight excluding hydrogens is 209 g/mol. The number of likely N-dealkylation sites (tertiary alicyclic amines) is 1.